The molecule has 0 aliphatic heterocycles. The molecule has 0 atom stereocenters. The summed E-state index contributed by atoms with van der Waals surface area (Å²) in [5.74, 6) is 0. The molecule has 4 nitrogen and oxygen atoms in total. The molecule has 0 heterocycles. The normalized spacial score (nSPS) is 11.9. The van der Waals surface area contributed by atoms with Crippen LogP contribution >= 0.6 is 0 Å². The van der Waals surface area contributed by atoms with Gasteiger partial charge in [-0.15, -0.1) is 0 Å². The predicted octanol–water partition coefficient (Wildman–Crippen LogP) is 2.57. The van der Waals surface area contributed by atoms with Crippen molar-refractivity contribution in [3.05, 3.63) is 0 Å². The van der Waals surface area contributed by atoms with Gasteiger partial charge in [0.15, 0.2) is 0 Å². The Kier molecular flexibility index (Phi) is 10.9. The van der Waals surface area contributed by atoms with Crippen molar-refractivity contribution in [1.82, 2.24) is 9.44 Å². The molecule has 0 bridgehead atoms. The van der Waals surface area contributed by atoms with Gasteiger partial charge in [-0.05, 0) is 6.42 Å². The smallest absolute Gasteiger partial charge is 0.203 e. The highest BCUT2D eigenvalue weighted by Gasteiger charge is 2.04. The van der Waals surface area contributed by atoms with Crippen molar-refractivity contribution in [1.29, 1.82) is 0 Å². The van der Waals surface area contributed by atoms with Crippen LogP contribution in [-0.2, 0) is 10.2 Å². The molecule has 0 fully saturated rings. The van der Waals surface area contributed by atoms with Crippen LogP contribution in [0.15, 0.2) is 0 Å². The summed E-state index contributed by atoms with van der Waals surface area (Å²) < 4.78 is 27.4. The second kappa shape index (κ2) is 11.0. The largest absolute Gasteiger partial charge is 0.276 e. The molecule has 2 N–H and O–H groups in total. The van der Waals surface area contributed by atoms with Gasteiger partial charge in [-0.25, -0.2) is 9.44 Å². The summed E-state index contributed by atoms with van der Waals surface area (Å²) in [6.07, 6.45) is 9.81. The maximum Gasteiger partial charge on any atom is 0.276 e. The van der Waals surface area contributed by atoms with Crippen molar-refractivity contribution in [2.45, 2.75) is 65.2 Å². The summed E-state index contributed by atoms with van der Waals surface area (Å²) in [6, 6.07) is 0. The number of nitrogens with one attached hydrogen (secondary N) is 2. The Bertz CT molecular complexity index is 253. The van der Waals surface area contributed by atoms with Crippen LogP contribution < -0.4 is 9.44 Å². The van der Waals surface area contributed by atoms with E-state index in [-0.39, 0.29) is 0 Å². The molecule has 0 saturated heterocycles. The average molecular weight is 264 g/mol. The van der Waals surface area contributed by atoms with Crippen LogP contribution in [0, 0.1) is 0 Å². The molecule has 0 saturated carbocycles. The summed E-state index contributed by atoms with van der Waals surface area (Å²) in [5, 5.41) is 0. The second-order valence-corrected chi connectivity index (χ2v) is 5.95. The third-order valence-corrected chi connectivity index (χ3v) is 3.91. The van der Waals surface area contributed by atoms with Gasteiger partial charge in [0.05, 0.1) is 0 Å². The van der Waals surface area contributed by atoms with Crippen LogP contribution in [0.1, 0.15) is 65.2 Å². The van der Waals surface area contributed by atoms with E-state index in [1.807, 2.05) is 0 Å². The molecular formula is C12H28N2O2S. The summed E-state index contributed by atoms with van der Waals surface area (Å²) in [4.78, 5) is 0. The van der Waals surface area contributed by atoms with Crippen molar-refractivity contribution in [2.24, 2.45) is 0 Å². The minimum absolute atomic E-state index is 0.437. The third-order valence-electron chi connectivity index (χ3n) is 2.66. The van der Waals surface area contributed by atoms with Crippen molar-refractivity contribution in [2.75, 3.05) is 13.1 Å². The Morgan fingerprint density at radius 1 is 0.765 bits per heavy atom. The zero-order valence-electron chi connectivity index (χ0n) is 11.3. The molecule has 0 rings (SSSR count). The molecule has 104 valence electrons. The van der Waals surface area contributed by atoms with E-state index >= 15 is 0 Å². The van der Waals surface area contributed by atoms with E-state index in [2.05, 4.69) is 16.4 Å². The lowest BCUT2D eigenvalue weighted by molar-refractivity contribution is 0.552. The molecular weight excluding hydrogens is 236 g/mol. The fourth-order valence-corrected chi connectivity index (χ4v) is 2.60. The van der Waals surface area contributed by atoms with Crippen LogP contribution in [0.2, 0.25) is 0 Å². The number of rotatable bonds is 12. The highest BCUT2D eigenvalue weighted by molar-refractivity contribution is 7.87. The third kappa shape index (κ3) is 12.1. The van der Waals surface area contributed by atoms with E-state index < -0.39 is 10.2 Å². The Labute approximate surface area is 107 Å². The number of hydrogen-bond acceptors (Lipinski definition) is 2. The van der Waals surface area contributed by atoms with Crippen LogP contribution in [0.25, 0.3) is 0 Å². The van der Waals surface area contributed by atoms with E-state index in [9.17, 15) is 8.42 Å². The zero-order chi connectivity index (χ0) is 13.0. The molecule has 0 unspecified atom stereocenters. The Balaban J connectivity index is 3.24. The van der Waals surface area contributed by atoms with E-state index in [0.717, 1.165) is 12.8 Å². The van der Waals surface area contributed by atoms with Gasteiger partial charge in [0.25, 0.3) is 10.2 Å². The number of unbranched alkanes of at least 4 members (excludes halogenated alkanes) is 7. The quantitative estimate of drug-likeness (QED) is 0.532. The van der Waals surface area contributed by atoms with Gasteiger partial charge in [-0.2, -0.15) is 8.42 Å². The first kappa shape index (κ1) is 16.9. The average Bonchev–Trinajstić information content (AvgIpc) is 2.27. The summed E-state index contributed by atoms with van der Waals surface area (Å²) in [5.41, 5.74) is 0. The molecule has 0 aliphatic carbocycles. The van der Waals surface area contributed by atoms with Gasteiger partial charge >= 0.3 is 0 Å². The minimum Gasteiger partial charge on any atom is -0.203 e. The van der Waals surface area contributed by atoms with E-state index in [1.54, 1.807) is 6.92 Å². The van der Waals surface area contributed by atoms with Crippen molar-refractivity contribution >= 4 is 10.2 Å². The SMILES string of the molecule is CCCCCCCCCCNS(=O)(=O)NCC. The fourth-order valence-electron chi connectivity index (χ4n) is 1.71. The highest BCUT2D eigenvalue weighted by Crippen LogP contribution is 2.07. The molecule has 17 heavy (non-hydrogen) atoms. The summed E-state index contributed by atoms with van der Waals surface area (Å²) >= 11 is 0. The van der Waals surface area contributed by atoms with Gasteiger partial charge in [-0.3, -0.25) is 0 Å². The molecule has 5 heteroatoms. The molecule has 0 aromatic rings. The van der Waals surface area contributed by atoms with E-state index in [0.29, 0.717) is 13.1 Å². The Hall–Kier alpha value is -0.130. The molecule has 0 spiro atoms. The van der Waals surface area contributed by atoms with Crippen molar-refractivity contribution < 1.29 is 8.42 Å². The van der Waals surface area contributed by atoms with Gasteiger partial charge in [0, 0.05) is 13.1 Å². The summed E-state index contributed by atoms with van der Waals surface area (Å²) in [7, 11) is -3.24. The van der Waals surface area contributed by atoms with Crippen LogP contribution in [0.3, 0.4) is 0 Å². The Morgan fingerprint density at radius 3 is 1.82 bits per heavy atom. The maximum atomic E-state index is 11.2. The predicted molar refractivity (Wildman–Crippen MR) is 73.2 cm³/mol. The van der Waals surface area contributed by atoms with Gasteiger partial charge in [0.1, 0.15) is 0 Å². The van der Waals surface area contributed by atoms with Gasteiger partial charge in [-0.1, -0.05) is 58.8 Å². The van der Waals surface area contributed by atoms with E-state index in [4.69, 9.17) is 0 Å². The highest BCUT2D eigenvalue weighted by atomic mass is 32.2. The second-order valence-electron chi connectivity index (χ2n) is 4.37. The monoisotopic (exact) mass is 264 g/mol. The van der Waals surface area contributed by atoms with Crippen LogP contribution in [0.5, 0.6) is 0 Å². The topological polar surface area (TPSA) is 58.2 Å². The van der Waals surface area contributed by atoms with E-state index in [1.165, 1.54) is 38.5 Å². The first-order valence-corrected chi connectivity index (χ1v) is 8.35. The maximum absolute atomic E-state index is 11.2. The van der Waals surface area contributed by atoms with Crippen molar-refractivity contribution in [3.8, 4) is 0 Å². The summed E-state index contributed by atoms with van der Waals surface area (Å²) in [6.45, 7) is 4.98. The lowest BCUT2D eigenvalue weighted by atomic mass is 10.1. The standard InChI is InChI=1S/C12H28N2O2S/c1-3-5-6-7-8-9-10-11-12-14-17(15,16)13-4-2/h13-14H,3-12H2,1-2H3. The first-order valence-electron chi connectivity index (χ1n) is 6.86. The van der Waals surface area contributed by atoms with Crippen LogP contribution in [-0.4, -0.2) is 21.5 Å². The molecule has 0 aromatic carbocycles. The molecule has 0 amide bonds. The molecule has 0 radical (unpaired) electrons. The van der Waals surface area contributed by atoms with Crippen molar-refractivity contribution in [3.63, 3.8) is 0 Å². The number of hydrogen-bond donors (Lipinski definition) is 2. The Morgan fingerprint density at radius 2 is 1.29 bits per heavy atom. The first-order chi connectivity index (χ1) is 8.12. The van der Waals surface area contributed by atoms with Crippen LogP contribution in [0.4, 0.5) is 0 Å². The fraction of sp³-hybridized carbons (Fsp3) is 1.00. The lowest BCUT2D eigenvalue weighted by Gasteiger charge is -2.06. The van der Waals surface area contributed by atoms with Gasteiger partial charge in [0.2, 0.25) is 0 Å². The zero-order valence-corrected chi connectivity index (χ0v) is 12.1. The van der Waals surface area contributed by atoms with Gasteiger partial charge < -0.3 is 0 Å². The molecule has 0 aromatic heterocycles. The molecule has 0 aliphatic rings. The lowest BCUT2D eigenvalue weighted by Crippen LogP contribution is -2.36. The minimum atomic E-state index is -3.24.